The first-order valence-corrected chi connectivity index (χ1v) is 7.95. The van der Waals surface area contributed by atoms with Gasteiger partial charge in [-0.25, -0.2) is 0 Å². The molecule has 2 aliphatic rings. The number of hydrogen-bond acceptors (Lipinski definition) is 3. The Hall–Kier alpha value is -1.13. The smallest absolute Gasteiger partial charge is 0.250 e. The number of nitrogens with zero attached hydrogens (tertiary/aromatic N) is 2. The van der Waals surface area contributed by atoms with E-state index in [0.717, 1.165) is 25.0 Å². The highest BCUT2D eigenvalue weighted by Gasteiger charge is 2.31. The molecule has 1 atom stereocenters. The van der Waals surface area contributed by atoms with Crippen molar-refractivity contribution in [2.24, 2.45) is 5.92 Å². The largest absolute Gasteiger partial charge is 0.317 e. The average molecular weight is 275 g/mol. The summed E-state index contributed by atoms with van der Waals surface area (Å²) in [7, 11) is 0. The van der Waals surface area contributed by atoms with E-state index in [1.165, 1.54) is 45.3 Å². The molecule has 0 radical (unpaired) electrons. The summed E-state index contributed by atoms with van der Waals surface area (Å²) >= 11 is 0. The van der Waals surface area contributed by atoms with Crippen molar-refractivity contribution in [1.29, 1.82) is 0 Å². The van der Waals surface area contributed by atoms with Gasteiger partial charge in [-0.3, -0.25) is 9.69 Å². The Kier molecular flexibility index (Phi) is 4.53. The van der Waals surface area contributed by atoms with Gasteiger partial charge in [-0.1, -0.05) is 6.07 Å². The number of nitrogens with one attached hydrogen (secondary N) is 1. The molecular weight excluding hydrogens is 250 g/mol. The Morgan fingerprint density at radius 3 is 2.80 bits per heavy atom. The maximum atomic E-state index is 11.7. The maximum absolute atomic E-state index is 11.7. The Morgan fingerprint density at radius 2 is 2.00 bits per heavy atom. The predicted molar refractivity (Wildman–Crippen MR) is 80.9 cm³/mol. The van der Waals surface area contributed by atoms with E-state index in [1.54, 1.807) is 6.07 Å². The third-order valence-electron chi connectivity index (χ3n) is 4.87. The summed E-state index contributed by atoms with van der Waals surface area (Å²) in [6.45, 7) is 5.39. The molecule has 2 saturated heterocycles. The summed E-state index contributed by atoms with van der Waals surface area (Å²) < 4.78 is 1.83. The van der Waals surface area contributed by atoms with Crippen LogP contribution in [0.15, 0.2) is 29.2 Å². The quantitative estimate of drug-likeness (QED) is 0.900. The molecule has 110 valence electrons. The van der Waals surface area contributed by atoms with Gasteiger partial charge >= 0.3 is 0 Å². The van der Waals surface area contributed by atoms with E-state index < -0.39 is 0 Å². The van der Waals surface area contributed by atoms with Crippen molar-refractivity contribution >= 4 is 0 Å². The molecule has 4 nitrogen and oxygen atoms in total. The van der Waals surface area contributed by atoms with Crippen molar-refractivity contribution in [1.82, 2.24) is 14.8 Å². The van der Waals surface area contributed by atoms with E-state index in [1.807, 2.05) is 22.9 Å². The zero-order chi connectivity index (χ0) is 13.8. The van der Waals surface area contributed by atoms with Gasteiger partial charge in [-0.05, 0) is 57.3 Å². The molecule has 0 spiro atoms. The minimum Gasteiger partial charge on any atom is -0.317 e. The monoisotopic (exact) mass is 275 g/mol. The van der Waals surface area contributed by atoms with Crippen LogP contribution in [0.4, 0.5) is 0 Å². The maximum Gasteiger partial charge on any atom is 0.250 e. The summed E-state index contributed by atoms with van der Waals surface area (Å²) in [5.74, 6) is 0.853. The van der Waals surface area contributed by atoms with Gasteiger partial charge < -0.3 is 9.88 Å². The molecule has 0 amide bonds. The fourth-order valence-electron chi connectivity index (χ4n) is 3.77. The molecule has 1 unspecified atom stereocenters. The second-order valence-electron chi connectivity index (χ2n) is 6.07. The molecule has 20 heavy (non-hydrogen) atoms. The highest BCUT2D eigenvalue weighted by Crippen LogP contribution is 2.29. The second kappa shape index (κ2) is 6.55. The van der Waals surface area contributed by atoms with Gasteiger partial charge in [-0.2, -0.15) is 0 Å². The molecule has 0 bridgehead atoms. The number of hydrogen-bond donors (Lipinski definition) is 1. The summed E-state index contributed by atoms with van der Waals surface area (Å²) in [6.07, 6.45) is 7.18. The van der Waals surface area contributed by atoms with Gasteiger partial charge in [0.1, 0.15) is 0 Å². The van der Waals surface area contributed by atoms with E-state index >= 15 is 0 Å². The van der Waals surface area contributed by atoms with Crippen LogP contribution in [0.25, 0.3) is 0 Å². The Morgan fingerprint density at radius 1 is 1.15 bits per heavy atom. The minimum atomic E-state index is 0.116. The molecule has 0 aromatic carbocycles. The Bertz CT molecular complexity index is 479. The molecule has 1 N–H and O–H groups in total. The van der Waals surface area contributed by atoms with Crippen LogP contribution >= 0.6 is 0 Å². The van der Waals surface area contributed by atoms with Crippen molar-refractivity contribution in [3.05, 3.63) is 34.7 Å². The predicted octanol–water partition coefficient (Wildman–Crippen LogP) is 1.31. The van der Waals surface area contributed by atoms with Crippen LogP contribution in [0.2, 0.25) is 0 Å². The van der Waals surface area contributed by atoms with Crippen LogP contribution in [0.5, 0.6) is 0 Å². The Labute approximate surface area is 120 Å². The zero-order valence-electron chi connectivity index (χ0n) is 12.1. The molecule has 3 heterocycles. The SMILES string of the molecule is O=c1ccccn1CCN1CCCC1C1CCNCC1. The van der Waals surface area contributed by atoms with E-state index in [0.29, 0.717) is 0 Å². The molecule has 1 aromatic heterocycles. The Balaban J connectivity index is 1.58. The van der Waals surface area contributed by atoms with Crippen molar-refractivity contribution in [3.8, 4) is 0 Å². The van der Waals surface area contributed by atoms with Crippen LogP contribution in [-0.2, 0) is 6.54 Å². The zero-order valence-corrected chi connectivity index (χ0v) is 12.1. The summed E-state index contributed by atoms with van der Waals surface area (Å²) in [6, 6.07) is 6.15. The topological polar surface area (TPSA) is 37.3 Å². The van der Waals surface area contributed by atoms with E-state index in [-0.39, 0.29) is 5.56 Å². The highest BCUT2D eigenvalue weighted by atomic mass is 16.1. The first kappa shape index (κ1) is 13.8. The van der Waals surface area contributed by atoms with Crippen molar-refractivity contribution in [2.75, 3.05) is 26.2 Å². The van der Waals surface area contributed by atoms with Crippen LogP contribution in [0.1, 0.15) is 25.7 Å². The average Bonchev–Trinajstić information content (AvgIpc) is 2.96. The van der Waals surface area contributed by atoms with Gasteiger partial charge in [0.25, 0.3) is 5.56 Å². The molecule has 2 aliphatic heterocycles. The van der Waals surface area contributed by atoms with Crippen LogP contribution in [-0.4, -0.2) is 41.7 Å². The van der Waals surface area contributed by atoms with E-state index in [4.69, 9.17) is 0 Å². The first-order chi connectivity index (χ1) is 9.84. The molecule has 2 fully saturated rings. The van der Waals surface area contributed by atoms with E-state index in [9.17, 15) is 4.79 Å². The summed E-state index contributed by atoms with van der Waals surface area (Å²) in [5, 5.41) is 3.45. The first-order valence-electron chi connectivity index (χ1n) is 7.95. The molecule has 0 saturated carbocycles. The lowest BCUT2D eigenvalue weighted by Crippen LogP contribution is -2.42. The van der Waals surface area contributed by atoms with Gasteiger partial charge in [0.2, 0.25) is 0 Å². The van der Waals surface area contributed by atoms with Crippen molar-refractivity contribution < 1.29 is 0 Å². The minimum absolute atomic E-state index is 0.116. The van der Waals surface area contributed by atoms with Gasteiger partial charge in [0, 0.05) is 31.4 Å². The molecule has 1 aromatic rings. The lowest BCUT2D eigenvalue weighted by molar-refractivity contribution is 0.157. The fourth-order valence-corrected chi connectivity index (χ4v) is 3.77. The van der Waals surface area contributed by atoms with Crippen LogP contribution in [0, 0.1) is 5.92 Å². The van der Waals surface area contributed by atoms with Crippen LogP contribution in [0.3, 0.4) is 0 Å². The molecule has 0 aliphatic carbocycles. The van der Waals surface area contributed by atoms with Crippen molar-refractivity contribution in [3.63, 3.8) is 0 Å². The molecule has 3 rings (SSSR count). The lowest BCUT2D eigenvalue weighted by atomic mass is 9.89. The van der Waals surface area contributed by atoms with Crippen molar-refractivity contribution in [2.45, 2.75) is 38.3 Å². The number of pyridine rings is 1. The number of rotatable bonds is 4. The summed E-state index contributed by atoms with van der Waals surface area (Å²) in [5.41, 5.74) is 0.116. The highest BCUT2D eigenvalue weighted by molar-refractivity contribution is 4.94. The van der Waals surface area contributed by atoms with Gasteiger partial charge in [0.15, 0.2) is 0 Å². The number of aromatic nitrogens is 1. The summed E-state index contributed by atoms with van der Waals surface area (Å²) in [4.78, 5) is 14.4. The normalized spacial score (nSPS) is 25.1. The molecular formula is C16H25N3O. The third-order valence-corrected chi connectivity index (χ3v) is 4.87. The molecule has 4 heteroatoms. The standard InChI is InChI=1S/C16H25N3O/c20-16-5-1-2-10-19(16)13-12-18-11-3-4-15(18)14-6-8-17-9-7-14/h1-2,5,10,14-15,17H,3-4,6-9,11-13H2. The van der Waals surface area contributed by atoms with E-state index in [2.05, 4.69) is 10.2 Å². The number of piperidine rings is 1. The second-order valence-corrected chi connectivity index (χ2v) is 6.07. The third kappa shape index (κ3) is 3.13. The lowest BCUT2D eigenvalue weighted by Gasteiger charge is -2.34. The number of likely N-dealkylation sites (tertiary alicyclic amines) is 1. The fraction of sp³-hybridized carbons (Fsp3) is 0.688. The van der Waals surface area contributed by atoms with Gasteiger partial charge in [-0.15, -0.1) is 0 Å². The van der Waals surface area contributed by atoms with Gasteiger partial charge in [0.05, 0.1) is 0 Å². The van der Waals surface area contributed by atoms with Crippen LogP contribution < -0.4 is 10.9 Å².